The Morgan fingerprint density at radius 2 is 2.21 bits per heavy atom. The van der Waals surface area contributed by atoms with Crippen LogP contribution in [0.3, 0.4) is 0 Å². The molecule has 8 heteroatoms. The van der Waals surface area contributed by atoms with Crippen molar-refractivity contribution in [3.63, 3.8) is 0 Å². The zero-order chi connectivity index (χ0) is 13.9. The van der Waals surface area contributed by atoms with Gasteiger partial charge < -0.3 is 10.1 Å². The minimum atomic E-state index is -4.53. The number of hydrogen-bond donors (Lipinski definition) is 1. The Morgan fingerprint density at radius 1 is 1.42 bits per heavy atom. The van der Waals surface area contributed by atoms with Crippen LogP contribution in [0.4, 0.5) is 19.0 Å². The van der Waals surface area contributed by atoms with Crippen LogP contribution in [-0.4, -0.2) is 29.7 Å². The molecule has 1 aromatic heterocycles. The molecule has 4 nitrogen and oxygen atoms in total. The van der Waals surface area contributed by atoms with Crippen LogP contribution in [0.1, 0.15) is 18.5 Å². The molecule has 0 spiro atoms. The summed E-state index contributed by atoms with van der Waals surface area (Å²) in [5, 5.41) is 2.42. The van der Waals surface area contributed by atoms with E-state index < -0.39 is 17.2 Å². The summed E-state index contributed by atoms with van der Waals surface area (Å²) in [6.45, 7) is 1.99. The quantitative estimate of drug-likeness (QED) is 0.868. The third-order valence-corrected chi connectivity index (χ3v) is 3.04. The molecule has 1 aliphatic heterocycles. The Kier molecular flexibility index (Phi) is 4.46. The number of nitrogens with zero attached hydrogens (tertiary/aromatic N) is 2. The number of alkyl halides is 3. The van der Waals surface area contributed by atoms with Gasteiger partial charge in [-0.05, 0) is 30.4 Å². The van der Waals surface area contributed by atoms with Crippen molar-refractivity contribution in [3.05, 3.63) is 17.0 Å². The summed E-state index contributed by atoms with van der Waals surface area (Å²) < 4.78 is 42.8. The van der Waals surface area contributed by atoms with Gasteiger partial charge in [0.25, 0.3) is 0 Å². The van der Waals surface area contributed by atoms with Crippen molar-refractivity contribution in [3.8, 4) is 0 Å². The van der Waals surface area contributed by atoms with Crippen molar-refractivity contribution in [2.75, 3.05) is 25.1 Å². The van der Waals surface area contributed by atoms with Gasteiger partial charge in [-0.2, -0.15) is 13.2 Å². The van der Waals surface area contributed by atoms with E-state index in [-0.39, 0.29) is 5.82 Å². The highest BCUT2D eigenvalue weighted by atomic mass is 35.5. The van der Waals surface area contributed by atoms with Gasteiger partial charge >= 0.3 is 6.18 Å². The van der Waals surface area contributed by atoms with E-state index in [1.807, 2.05) is 0 Å². The molecule has 0 radical (unpaired) electrons. The van der Waals surface area contributed by atoms with Crippen LogP contribution in [0.2, 0.25) is 5.28 Å². The van der Waals surface area contributed by atoms with Crippen LogP contribution in [0.5, 0.6) is 0 Å². The highest BCUT2D eigenvalue weighted by Gasteiger charge is 2.33. The van der Waals surface area contributed by atoms with Crippen LogP contribution in [0, 0.1) is 5.92 Å². The molecule has 0 bridgehead atoms. The van der Waals surface area contributed by atoms with Crippen molar-refractivity contribution in [1.82, 2.24) is 9.97 Å². The van der Waals surface area contributed by atoms with E-state index >= 15 is 0 Å². The molecule has 0 saturated carbocycles. The normalized spacial score (nSPS) is 19.7. The molecule has 1 atom stereocenters. The molecule has 0 amide bonds. The monoisotopic (exact) mass is 295 g/mol. The van der Waals surface area contributed by atoms with Gasteiger partial charge in [0.15, 0.2) is 5.69 Å². The summed E-state index contributed by atoms with van der Waals surface area (Å²) in [5.74, 6) is 0.540. The van der Waals surface area contributed by atoms with Crippen molar-refractivity contribution in [1.29, 1.82) is 0 Å². The van der Waals surface area contributed by atoms with Crippen molar-refractivity contribution < 1.29 is 17.9 Å². The average Bonchev–Trinajstić information content (AvgIpc) is 2.80. The van der Waals surface area contributed by atoms with Gasteiger partial charge in [0.05, 0.1) is 0 Å². The summed E-state index contributed by atoms with van der Waals surface area (Å²) in [4.78, 5) is 6.88. The van der Waals surface area contributed by atoms with E-state index in [0.29, 0.717) is 19.1 Å². The topological polar surface area (TPSA) is 47.0 Å². The smallest absolute Gasteiger partial charge is 0.381 e. The van der Waals surface area contributed by atoms with Crippen LogP contribution in [0.15, 0.2) is 6.07 Å². The Hall–Kier alpha value is -1.08. The summed E-state index contributed by atoms with van der Waals surface area (Å²) in [6, 6.07) is 0.858. The average molecular weight is 296 g/mol. The molecule has 0 aromatic carbocycles. The molecule has 19 heavy (non-hydrogen) atoms. The molecule has 1 N–H and O–H groups in total. The largest absolute Gasteiger partial charge is 0.433 e. The van der Waals surface area contributed by atoms with E-state index in [0.717, 1.165) is 25.5 Å². The predicted molar refractivity (Wildman–Crippen MR) is 64.1 cm³/mol. The van der Waals surface area contributed by atoms with Crippen molar-refractivity contribution >= 4 is 17.4 Å². The SMILES string of the molecule is FC(F)(F)c1cc(NCCC2CCOC2)nc(Cl)n1. The fraction of sp³-hybridized carbons (Fsp3) is 0.636. The number of aromatic nitrogens is 2. The minimum Gasteiger partial charge on any atom is -0.381 e. The zero-order valence-corrected chi connectivity index (χ0v) is 10.8. The first-order valence-electron chi connectivity index (χ1n) is 5.88. The first-order valence-corrected chi connectivity index (χ1v) is 6.26. The molecule has 106 valence electrons. The third-order valence-electron chi connectivity index (χ3n) is 2.87. The second-order valence-corrected chi connectivity index (χ2v) is 4.69. The van der Waals surface area contributed by atoms with Crippen LogP contribution in [0.25, 0.3) is 0 Å². The summed E-state index contributed by atoms with van der Waals surface area (Å²) in [7, 11) is 0. The van der Waals surface area contributed by atoms with Gasteiger partial charge in [-0.15, -0.1) is 0 Å². The lowest BCUT2D eigenvalue weighted by Gasteiger charge is -2.11. The van der Waals surface area contributed by atoms with E-state index in [1.165, 1.54) is 0 Å². The summed E-state index contributed by atoms with van der Waals surface area (Å²) >= 11 is 5.48. The Bertz CT molecular complexity index is 436. The van der Waals surface area contributed by atoms with Crippen LogP contribution >= 0.6 is 11.6 Å². The fourth-order valence-corrected chi connectivity index (χ4v) is 2.05. The first kappa shape index (κ1) is 14.3. The highest BCUT2D eigenvalue weighted by molar-refractivity contribution is 6.28. The molecule has 2 rings (SSSR count). The predicted octanol–water partition coefficient (Wildman–Crippen LogP) is 2.99. The van der Waals surface area contributed by atoms with Crippen LogP contribution in [-0.2, 0) is 10.9 Å². The van der Waals surface area contributed by atoms with E-state index in [9.17, 15) is 13.2 Å². The molecule has 1 aliphatic rings. The Labute approximate surface area is 113 Å². The molecule has 1 aromatic rings. The number of rotatable bonds is 4. The maximum atomic E-state index is 12.5. The summed E-state index contributed by atoms with van der Waals surface area (Å²) in [5.41, 5.74) is -1.04. The number of halogens is 4. The number of hydrogen-bond acceptors (Lipinski definition) is 4. The second-order valence-electron chi connectivity index (χ2n) is 4.35. The van der Waals surface area contributed by atoms with Crippen molar-refractivity contribution in [2.24, 2.45) is 5.92 Å². The molecule has 1 fully saturated rings. The third kappa shape index (κ3) is 4.21. The maximum Gasteiger partial charge on any atom is 0.433 e. The van der Waals surface area contributed by atoms with E-state index in [2.05, 4.69) is 15.3 Å². The Balaban J connectivity index is 1.94. The number of ether oxygens (including phenoxy) is 1. The molecule has 2 heterocycles. The van der Waals surface area contributed by atoms with Gasteiger partial charge in [0, 0.05) is 25.8 Å². The van der Waals surface area contributed by atoms with Gasteiger partial charge in [0.2, 0.25) is 5.28 Å². The lowest BCUT2D eigenvalue weighted by Crippen LogP contribution is -2.13. The summed E-state index contributed by atoms with van der Waals surface area (Å²) in [6.07, 6.45) is -2.72. The van der Waals surface area contributed by atoms with E-state index in [1.54, 1.807) is 0 Å². The minimum absolute atomic E-state index is 0.0891. The molecule has 0 aliphatic carbocycles. The Morgan fingerprint density at radius 3 is 2.84 bits per heavy atom. The molecular weight excluding hydrogens is 283 g/mol. The molecule has 1 saturated heterocycles. The van der Waals surface area contributed by atoms with E-state index in [4.69, 9.17) is 16.3 Å². The van der Waals surface area contributed by atoms with Crippen molar-refractivity contribution in [2.45, 2.75) is 19.0 Å². The maximum absolute atomic E-state index is 12.5. The first-order chi connectivity index (χ1) is 8.95. The number of anilines is 1. The van der Waals surface area contributed by atoms with Gasteiger partial charge in [-0.3, -0.25) is 0 Å². The zero-order valence-electron chi connectivity index (χ0n) is 10.0. The highest BCUT2D eigenvalue weighted by Crippen LogP contribution is 2.29. The fourth-order valence-electron chi connectivity index (χ4n) is 1.87. The lowest BCUT2D eigenvalue weighted by atomic mass is 10.1. The second kappa shape index (κ2) is 5.92. The standard InChI is InChI=1S/C11H13ClF3N3O/c12-10-17-8(11(13,14)15)5-9(18-10)16-3-1-7-2-4-19-6-7/h5,7H,1-4,6H2,(H,16,17,18). The van der Waals surface area contributed by atoms with Crippen LogP contribution < -0.4 is 5.32 Å². The number of nitrogens with one attached hydrogen (secondary N) is 1. The van der Waals surface area contributed by atoms with Gasteiger partial charge in [-0.1, -0.05) is 0 Å². The van der Waals surface area contributed by atoms with Gasteiger partial charge in [-0.25, -0.2) is 9.97 Å². The molecule has 1 unspecified atom stereocenters. The lowest BCUT2D eigenvalue weighted by molar-refractivity contribution is -0.141. The molecular formula is C11H13ClF3N3O. The van der Waals surface area contributed by atoms with Gasteiger partial charge in [0.1, 0.15) is 5.82 Å².